The van der Waals surface area contributed by atoms with Crippen LogP contribution in [0.5, 0.6) is 0 Å². The first-order chi connectivity index (χ1) is 10.5. The van der Waals surface area contributed by atoms with Crippen molar-refractivity contribution in [1.82, 2.24) is 4.72 Å². The number of halogens is 1. The minimum absolute atomic E-state index is 0.210. The van der Waals surface area contributed by atoms with E-state index in [-0.39, 0.29) is 5.75 Å². The number of hydrogen-bond acceptors (Lipinski definition) is 3. The predicted molar refractivity (Wildman–Crippen MR) is 86.1 cm³/mol. The normalized spacial score (nSPS) is 20.8. The molecule has 1 aliphatic carbocycles. The largest absolute Gasteiger partial charge is 0.391 e. The van der Waals surface area contributed by atoms with Gasteiger partial charge >= 0.3 is 0 Å². The molecule has 2 N–H and O–H groups in total. The molecule has 0 heterocycles. The van der Waals surface area contributed by atoms with E-state index in [0.29, 0.717) is 17.0 Å². The number of hydrogen-bond donors (Lipinski definition) is 2. The van der Waals surface area contributed by atoms with Crippen molar-refractivity contribution in [3.05, 3.63) is 70.2 Å². The van der Waals surface area contributed by atoms with Gasteiger partial charge in [-0.1, -0.05) is 54.1 Å². The fourth-order valence-electron chi connectivity index (χ4n) is 2.77. The summed E-state index contributed by atoms with van der Waals surface area (Å²) in [5.74, 6) is -0.210. The molecule has 0 unspecified atom stereocenters. The Balaban J connectivity index is 1.82. The van der Waals surface area contributed by atoms with Gasteiger partial charge in [0.25, 0.3) is 0 Å². The average molecular weight is 338 g/mol. The van der Waals surface area contributed by atoms with E-state index >= 15 is 0 Å². The molecule has 2 aromatic rings. The molecule has 1 aliphatic rings. The van der Waals surface area contributed by atoms with E-state index < -0.39 is 22.2 Å². The van der Waals surface area contributed by atoms with Gasteiger partial charge in [-0.3, -0.25) is 0 Å². The van der Waals surface area contributed by atoms with Crippen molar-refractivity contribution >= 4 is 21.6 Å². The van der Waals surface area contributed by atoms with Crippen LogP contribution in [0.1, 0.15) is 22.7 Å². The van der Waals surface area contributed by atoms with E-state index in [1.165, 1.54) is 0 Å². The van der Waals surface area contributed by atoms with Gasteiger partial charge in [-0.15, -0.1) is 0 Å². The van der Waals surface area contributed by atoms with Crippen LogP contribution in [-0.2, 0) is 22.2 Å². The van der Waals surface area contributed by atoms with Gasteiger partial charge in [0.2, 0.25) is 10.0 Å². The lowest BCUT2D eigenvalue weighted by Crippen LogP contribution is -2.34. The van der Waals surface area contributed by atoms with Crippen molar-refractivity contribution < 1.29 is 13.5 Å². The Morgan fingerprint density at radius 1 is 1.14 bits per heavy atom. The van der Waals surface area contributed by atoms with Crippen molar-refractivity contribution in [2.75, 3.05) is 0 Å². The van der Waals surface area contributed by atoms with E-state index in [1.807, 2.05) is 24.3 Å². The molecular weight excluding hydrogens is 322 g/mol. The number of benzene rings is 2. The summed E-state index contributed by atoms with van der Waals surface area (Å²) in [6, 6.07) is 13.7. The number of aliphatic hydroxyl groups is 1. The predicted octanol–water partition coefficient (Wildman–Crippen LogP) is 2.42. The number of sulfonamides is 1. The molecule has 0 saturated heterocycles. The van der Waals surface area contributed by atoms with Gasteiger partial charge in [-0.2, -0.15) is 0 Å². The molecule has 0 amide bonds. The Kier molecular flexibility index (Phi) is 4.23. The maximum absolute atomic E-state index is 12.4. The number of aliphatic hydroxyl groups excluding tert-OH is 1. The molecule has 4 nitrogen and oxygen atoms in total. The average Bonchev–Trinajstić information content (AvgIpc) is 2.77. The maximum Gasteiger partial charge on any atom is 0.216 e. The quantitative estimate of drug-likeness (QED) is 0.900. The van der Waals surface area contributed by atoms with Crippen molar-refractivity contribution in [2.24, 2.45) is 0 Å². The molecule has 22 heavy (non-hydrogen) atoms. The summed E-state index contributed by atoms with van der Waals surface area (Å²) in [6.07, 6.45) is -0.298. The van der Waals surface area contributed by atoms with Gasteiger partial charge in [0, 0.05) is 11.4 Å². The molecule has 0 fully saturated rings. The van der Waals surface area contributed by atoms with E-state index in [0.717, 1.165) is 11.1 Å². The lowest BCUT2D eigenvalue weighted by atomic mass is 10.1. The topological polar surface area (TPSA) is 66.4 Å². The van der Waals surface area contributed by atoms with Crippen LogP contribution in [0.25, 0.3) is 0 Å². The summed E-state index contributed by atoms with van der Waals surface area (Å²) < 4.78 is 27.4. The molecule has 0 aliphatic heterocycles. The van der Waals surface area contributed by atoms with Gasteiger partial charge in [-0.25, -0.2) is 13.1 Å². The SMILES string of the molecule is O=S(=O)(Cc1ccccc1Cl)N[C@H]1c2ccccc2C[C@H]1O. The molecular formula is C16H16ClNO3S. The van der Waals surface area contributed by atoms with Crippen molar-refractivity contribution in [3.63, 3.8) is 0 Å². The Morgan fingerprint density at radius 2 is 1.82 bits per heavy atom. The zero-order valence-corrected chi connectivity index (χ0v) is 13.3. The van der Waals surface area contributed by atoms with Crippen LogP contribution in [0.4, 0.5) is 0 Å². The summed E-state index contributed by atoms with van der Waals surface area (Å²) in [6.45, 7) is 0. The Labute approximate surface area is 134 Å². The summed E-state index contributed by atoms with van der Waals surface area (Å²) >= 11 is 6.02. The van der Waals surface area contributed by atoms with Gasteiger partial charge < -0.3 is 5.11 Å². The smallest absolute Gasteiger partial charge is 0.216 e. The lowest BCUT2D eigenvalue weighted by Gasteiger charge is -2.18. The number of nitrogens with one attached hydrogen (secondary N) is 1. The van der Waals surface area contributed by atoms with Gasteiger partial charge in [0.15, 0.2) is 0 Å². The standard InChI is InChI=1S/C16H16ClNO3S/c17-14-8-4-2-6-12(14)10-22(20,21)18-16-13-7-3-1-5-11(13)9-15(16)19/h1-8,15-16,18-19H,9-10H2/t15-,16+/m1/s1. The second-order valence-corrected chi connectivity index (χ2v) is 7.58. The summed E-state index contributed by atoms with van der Waals surface area (Å²) in [5, 5.41) is 10.6. The zero-order chi connectivity index (χ0) is 15.7. The highest BCUT2D eigenvalue weighted by Crippen LogP contribution is 2.32. The molecule has 0 radical (unpaired) electrons. The van der Waals surface area contributed by atoms with Crippen molar-refractivity contribution in [3.8, 4) is 0 Å². The summed E-state index contributed by atoms with van der Waals surface area (Å²) in [7, 11) is -3.61. The van der Waals surface area contributed by atoms with Gasteiger partial charge in [0.1, 0.15) is 0 Å². The van der Waals surface area contributed by atoms with Crippen LogP contribution in [0.3, 0.4) is 0 Å². The first-order valence-electron chi connectivity index (χ1n) is 6.95. The molecule has 0 saturated carbocycles. The minimum atomic E-state index is -3.61. The minimum Gasteiger partial charge on any atom is -0.391 e. The lowest BCUT2D eigenvalue weighted by molar-refractivity contribution is 0.151. The van der Waals surface area contributed by atoms with E-state index in [2.05, 4.69) is 4.72 Å². The summed E-state index contributed by atoms with van der Waals surface area (Å²) in [5.41, 5.74) is 2.34. The van der Waals surface area contributed by atoms with Crippen LogP contribution in [-0.4, -0.2) is 19.6 Å². The molecule has 2 atom stereocenters. The fraction of sp³-hybridized carbons (Fsp3) is 0.250. The highest BCUT2D eigenvalue weighted by molar-refractivity contribution is 7.88. The van der Waals surface area contributed by atoms with E-state index in [9.17, 15) is 13.5 Å². The molecule has 116 valence electrons. The Bertz CT molecular complexity index is 791. The first kappa shape index (κ1) is 15.5. The molecule has 0 aromatic heterocycles. The monoisotopic (exact) mass is 337 g/mol. The van der Waals surface area contributed by atoms with Gasteiger partial charge in [-0.05, 0) is 22.8 Å². The maximum atomic E-state index is 12.4. The Hall–Kier alpha value is -1.40. The van der Waals surface area contributed by atoms with Crippen molar-refractivity contribution in [1.29, 1.82) is 0 Å². The van der Waals surface area contributed by atoms with Crippen LogP contribution in [0.15, 0.2) is 48.5 Å². The third kappa shape index (κ3) is 3.17. The highest BCUT2D eigenvalue weighted by atomic mass is 35.5. The van der Waals surface area contributed by atoms with Crippen LogP contribution >= 0.6 is 11.6 Å². The molecule has 0 bridgehead atoms. The number of rotatable bonds is 4. The van der Waals surface area contributed by atoms with Crippen LogP contribution < -0.4 is 4.72 Å². The first-order valence-corrected chi connectivity index (χ1v) is 8.98. The third-order valence-corrected chi connectivity index (χ3v) is 5.49. The third-order valence-electron chi connectivity index (χ3n) is 3.81. The van der Waals surface area contributed by atoms with Crippen LogP contribution in [0.2, 0.25) is 5.02 Å². The number of fused-ring (bicyclic) bond motifs is 1. The van der Waals surface area contributed by atoms with E-state index in [1.54, 1.807) is 24.3 Å². The Morgan fingerprint density at radius 3 is 2.59 bits per heavy atom. The second kappa shape index (κ2) is 6.01. The second-order valence-electron chi connectivity index (χ2n) is 5.42. The summed E-state index contributed by atoms with van der Waals surface area (Å²) in [4.78, 5) is 0. The highest BCUT2D eigenvalue weighted by Gasteiger charge is 2.33. The molecule has 3 rings (SSSR count). The fourth-order valence-corrected chi connectivity index (χ4v) is 4.47. The van der Waals surface area contributed by atoms with Crippen LogP contribution in [0, 0.1) is 0 Å². The van der Waals surface area contributed by atoms with Gasteiger partial charge in [0.05, 0.1) is 17.9 Å². The zero-order valence-electron chi connectivity index (χ0n) is 11.7. The molecule has 0 spiro atoms. The molecule has 6 heteroatoms. The van der Waals surface area contributed by atoms with Crippen molar-refractivity contribution in [2.45, 2.75) is 24.3 Å². The van der Waals surface area contributed by atoms with E-state index in [4.69, 9.17) is 11.6 Å². The molecule has 2 aromatic carbocycles.